The fraction of sp³-hybridized carbons (Fsp3) is 0.552. The van der Waals surface area contributed by atoms with Gasteiger partial charge in [-0.15, -0.1) is 0 Å². The molecule has 2 atom stereocenters. The van der Waals surface area contributed by atoms with E-state index in [1.54, 1.807) is 27.8 Å². The topological polar surface area (TPSA) is 115 Å². The number of amides is 1. The number of carbonyl (C=O) groups excluding carboxylic acids is 2. The second-order valence-electron chi connectivity index (χ2n) is 12.0. The molecule has 6 rings (SSSR count). The van der Waals surface area contributed by atoms with E-state index in [4.69, 9.17) is 9.47 Å². The number of aromatic nitrogens is 4. The van der Waals surface area contributed by atoms with Crippen molar-refractivity contribution < 1.29 is 32.2 Å². The largest absolute Gasteiger partial charge is 0.443 e. The van der Waals surface area contributed by atoms with Crippen molar-refractivity contribution in [3.8, 4) is 11.3 Å². The molecule has 0 spiro atoms. The van der Waals surface area contributed by atoms with Crippen molar-refractivity contribution in [2.45, 2.75) is 63.9 Å². The van der Waals surface area contributed by atoms with Crippen molar-refractivity contribution in [2.24, 2.45) is 0 Å². The smallest absolute Gasteiger partial charge is 0.420 e. The molecule has 3 aromatic rings. The number of nitrogens with one attached hydrogen (secondary N) is 1. The normalized spacial score (nSPS) is 20.9. The quantitative estimate of drug-likeness (QED) is 0.367. The Bertz CT molecular complexity index is 1520. The van der Waals surface area contributed by atoms with Gasteiger partial charge in [0.05, 0.1) is 18.9 Å². The van der Waals surface area contributed by atoms with Gasteiger partial charge in [-0.05, 0) is 59.2 Å². The summed E-state index contributed by atoms with van der Waals surface area (Å²) in [6, 6.07) is 3.12. The number of nitrogens with zero attached hydrogens (tertiary/aromatic N) is 6. The summed E-state index contributed by atoms with van der Waals surface area (Å²) in [5.74, 6) is -0.384. The van der Waals surface area contributed by atoms with E-state index in [0.29, 0.717) is 26.3 Å². The third-order valence-corrected chi connectivity index (χ3v) is 7.68. The third kappa shape index (κ3) is 6.74. The Hall–Kier alpha value is -3.78. The maximum Gasteiger partial charge on any atom is 0.420 e. The summed E-state index contributed by atoms with van der Waals surface area (Å²) in [6.07, 6.45) is -1.20. The van der Waals surface area contributed by atoms with Gasteiger partial charge in [0, 0.05) is 55.6 Å². The number of anilines is 1. The number of carbonyl (C=O) groups is 2. The lowest BCUT2D eigenvalue weighted by Gasteiger charge is -2.25. The van der Waals surface area contributed by atoms with Crippen LogP contribution in [0.5, 0.6) is 0 Å². The van der Waals surface area contributed by atoms with Gasteiger partial charge in [0.15, 0.2) is 5.65 Å². The Morgan fingerprint density at radius 3 is 2.56 bits per heavy atom. The number of likely N-dealkylation sites (N-methyl/N-ethyl adjacent to an activating group) is 2. The fourth-order valence-corrected chi connectivity index (χ4v) is 5.39. The predicted octanol–water partition coefficient (Wildman–Crippen LogP) is 4.66. The van der Waals surface area contributed by atoms with Crippen LogP contribution in [-0.4, -0.2) is 99.4 Å². The van der Waals surface area contributed by atoms with Gasteiger partial charge in [-0.2, -0.15) is 13.2 Å². The average Bonchev–Trinajstić information content (AvgIpc) is 3.55. The van der Waals surface area contributed by atoms with E-state index < -0.39 is 35.0 Å². The molecule has 5 heterocycles. The lowest BCUT2D eigenvalue weighted by Crippen LogP contribution is -2.35. The highest BCUT2D eigenvalue weighted by Crippen LogP contribution is 2.40. The Morgan fingerprint density at radius 1 is 1.09 bits per heavy atom. The average molecular weight is 604 g/mol. The van der Waals surface area contributed by atoms with Crippen LogP contribution in [0.25, 0.3) is 22.3 Å². The molecule has 0 unspecified atom stereocenters. The first-order chi connectivity index (χ1) is 20.2. The molecule has 43 heavy (non-hydrogen) atoms. The van der Waals surface area contributed by atoms with Crippen LogP contribution in [-0.2, 0) is 15.7 Å². The zero-order chi connectivity index (χ0) is 31.1. The summed E-state index contributed by atoms with van der Waals surface area (Å²) in [5, 5.41) is 3.41. The summed E-state index contributed by atoms with van der Waals surface area (Å²) in [6.45, 7) is 6.80. The van der Waals surface area contributed by atoms with E-state index in [1.807, 2.05) is 7.05 Å². The minimum atomic E-state index is -4.78. The van der Waals surface area contributed by atoms with Crippen molar-refractivity contribution in [3.63, 3.8) is 0 Å². The molecule has 0 radical (unpaired) electrons. The highest BCUT2D eigenvalue weighted by Gasteiger charge is 2.37. The van der Waals surface area contributed by atoms with Gasteiger partial charge < -0.3 is 24.6 Å². The Morgan fingerprint density at radius 2 is 1.84 bits per heavy atom. The van der Waals surface area contributed by atoms with E-state index >= 15 is 0 Å². The van der Waals surface area contributed by atoms with Crippen LogP contribution in [0.4, 0.5) is 23.9 Å². The second-order valence-corrected chi connectivity index (χ2v) is 12.0. The van der Waals surface area contributed by atoms with E-state index in [0.717, 1.165) is 30.0 Å². The van der Waals surface area contributed by atoms with Gasteiger partial charge in [-0.3, -0.25) is 4.79 Å². The van der Waals surface area contributed by atoms with Crippen molar-refractivity contribution >= 4 is 29.0 Å². The van der Waals surface area contributed by atoms with Crippen LogP contribution in [0.3, 0.4) is 0 Å². The molecule has 1 amide bonds. The summed E-state index contributed by atoms with van der Waals surface area (Å²) in [5.41, 5.74) is -2.39. The number of ether oxygens (including phenoxy) is 2. The van der Waals surface area contributed by atoms with Crippen molar-refractivity contribution in [1.29, 1.82) is 0 Å². The van der Waals surface area contributed by atoms with Crippen LogP contribution in [0, 0.1) is 0 Å². The molecule has 3 aliphatic rings. The Labute approximate surface area is 247 Å². The maximum absolute atomic E-state index is 14.3. The van der Waals surface area contributed by atoms with E-state index in [9.17, 15) is 22.8 Å². The van der Waals surface area contributed by atoms with Crippen LogP contribution in [0.15, 0.2) is 24.5 Å². The van der Waals surface area contributed by atoms with Gasteiger partial charge in [0.2, 0.25) is 5.95 Å². The molecule has 3 aromatic heterocycles. The van der Waals surface area contributed by atoms with Crippen molar-refractivity contribution in [1.82, 2.24) is 29.3 Å². The zero-order valence-corrected chi connectivity index (χ0v) is 24.9. The summed E-state index contributed by atoms with van der Waals surface area (Å²) in [7, 11) is 3.62. The lowest BCUT2D eigenvalue weighted by molar-refractivity contribution is -0.137. The van der Waals surface area contributed by atoms with E-state index in [2.05, 4.69) is 25.2 Å². The minimum Gasteiger partial charge on any atom is -0.443 e. The highest BCUT2D eigenvalue weighted by molar-refractivity contribution is 6.01. The third-order valence-electron chi connectivity index (χ3n) is 7.68. The summed E-state index contributed by atoms with van der Waals surface area (Å²) in [4.78, 5) is 43.0. The Kier molecular flexibility index (Phi) is 8.36. The van der Waals surface area contributed by atoms with Crippen LogP contribution in [0.1, 0.15) is 56.1 Å². The number of hydrogen-bond donors (Lipinski definition) is 1. The molecule has 1 saturated carbocycles. The van der Waals surface area contributed by atoms with Crippen LogP contribution in [0.2, 0.25) is 0 Å². The van der Waals surface area contributed by atoms with E-state index in [1.165, 1.54) is 23.2 Å². The molecule has 0 aromatic carbocycles. The zero-order valence-electron chi connectivity index (χ0n) is 24.9. The first-order valence-electron chi connectivity index (χ1n) is 14.2. The molecule has 8 bridgehead atoms. The Balaban J connectivity index is 1.67. The predicted molar refractivity (Wildman–Crippen MR) is 153 cm³/mol. The van der Waals surface area contributed by atoms with Crippen molar-refractivity contribution in [3.05, 3.63) is 35.8 Å². The van der Waals surface area contributed by atoms with Crippen molar-refractivity contribution in [2.75, 3.05) is 45.7 Å². The van der Waals surface area contributed by atoms with Gasteiger partial charge >= 0.3 is 12.3 Å². The molecule has 1 fully saturated rings. The number of halogens is 3. The highest BCUT2D eigenvalue weighted by atomic mass is 19.4. The van der Waals surface area contributed by atoms with Crippen LogP contribution >= 0.6 is 0 Å². The molecule has 14 heteroatoms. The number of rotatable bonds is 0. The molecule has 0 saturated heterocycles. The molecule has 2 aliphatic heterocycles. The maximum atomic E-state index is 14.3. The first-order valence-corrected chi connectivity index (χ1v) is 14.2. The van der Waals surface area contributed by atoms with Crippen LogP contribution < -0.4 is 5.32 Å². The second kappa shape index (κ2) is 11.7. The van der Waals surface area contributed by atoms with Gasteiger partial charge in [0.1, 0.15) is 16.9 Å². The van der Waals surface area contributed by atoms with Gasteiger partial charge in [0.25, 0.3) is 5.91 Å². The fourth-order valence-electron chi connectivity index (χ4n) is 5.39. The number of fused-ring (bicyclic) bond motifs is 8. The number of pyridine rings is 1. The SMILES string of the molecule is CN1CCOCCN(C)[C@H]2CC[C@@H](C2)Nc2ncc(C(F)(F)F)c(n2)-c2cn(C(=O)OC(C)(C)C)c3nc(ccc23)C1=O. The standard InChI is InChI=1S/C29H36F3N7O4/c1-28(2,3)43-27(41)39-16-20-19-8-9-22(35-24(19)39)25(40)38(5)11-13-42-12-10-37(4)18-7-6-17(14-18)34-26-33-15-21(23(20)36-26)29(30,31)32/h8-9,15-18H,6-7,10-14H2,1-5H3,(H,33,34,36)/t17-,18-/m0/s1. The molecule has 1 N–H and O–H groups in total. The molecular weight excluding hydrogens is 567 g/mol. The summed E-state index contributed by atoms with van der Waals surface area (Å²) >= 11 is 0. The molecule has 11 nitrogen and oxygen atoms in total. The number of alkyl halides is 3. The molecule has 1 aliphatic carbocycles. The van der Waals surface area contributed by atoms with Gasteiger partial charge in [-0.1, -0.05) is 0 Å². The molecule has 232 valence electrons. The summed E-state index contributed by atoms with van der Waals surface area (Å²) < 4.78 is 55.2. The van der Waals surface area contributed by atoms with E-state index in [-0.39, 0.29) is 40.3 Å². The first kappa shape index (κ1) is 30.7. The number of hydrogen-bond acceptors (Lipinski definition) is 9. The molecular formula is C29H36F3N7O4. The monoisotopic (exact) mass is 603 g/mol. The minimum absolute atomic E-state index is 0.00493. The van der Waals surface area contributed by atoms with Gasteiger partial charge in [-0.25, -0.2) is 24.3 Å². The lowest BCUT2D eigenvalue weighted by atomic mass is 10.1.